The van der Waals surface area contributed by atoms with Crippen LogP contribution in [-0.2, 0) is 6.42 Å². The van der Waals surface area contributed by atoms with Gasteiger partial charge in [0.1, 0.15) is 5.82 Å². The van der Waals surface area contributed by atoms with Gasteiger partial charge in [-0.2, -0.15) is 13.9 Å². The summed E-state index contributed by atoms with van der Waals surface area (Å²) in [5.41, 5.74) is 3.58. The zero-order valence-corrected chi connectivity index (χ0v) is 17.0. The number of nitrogens with one attached hydrogen (secondary N) is 2. The van der Waals surface area contributed by atoms with E-state index in [1.165, 1.54) is 12.4 Å². The summed E-state index contributed by atoms with van der Waals surface area (Å²) >= 11 is 6.31. The molecule has 0 radical (unpaired) electrons. The van der Waals surface area contributed by atoms with Crippen molar-refractivity contribution in [1.29, 1.82) is 0 Å². The van der Waals surface area contributed by atoms with E-state index in [9.17, 15) is 13.6 Å². The summed E-state index contributed by atoms with van der Waals surface area (Å²) in [6, 6.07) is 7.29. The number of halogens is 3. The Hall–Kier alpha value is -3.20. The van der Waals surface area contributed by atoms with Crippen molar-refractivity contribution in [3.05, 3.63) is 58.5 Å². The van der Waals surface area contributed by atoms with Crippen LogP contribution in [0, 0.1) is 6.92 Å². The number of carbonyl (C=O) groups excluding carboxylic acids is 1. The Balaban J connectivity index is 1.64. The fourth-order valence-corrected chi connectivity index (χ4v) is 3.49. The predicted octanol–water partition coefficient (Wildman–Crippen LogP) is 4.75. The third-order valence-corrected chi connectivity index (χ3v) is 5.23. The smallest absolute Gasteiger partial charge is 0.333 e. The Kier molecular flexibility index (Phi) is 5.29. The molecule has 0 unspecified atom stereocenters. The van der Waals surface area contributed by atoms with Crippen LogP contribution in [0.5, 0.6) is 0 Å². The van der Waals surface area contributed by atoms with Crippen LogP contribution in [-0.4, -0.2) is 39.2 Å². The Morgan fingerprint density at radius 2 is 2.00 bits per heavy atom. The highest BCUT2D eigenvalue weighted by molar-refractivity contribution is 6.33. The molecule has 0 aliphatic carbocycles. The first-order valence-electron chi connectivity index (χ1n) is 9.24. The van der Waals surface area contributed by atoms with E-state index >= 15 is 0 Å². The number of hydrogen-bond acceptors (Lipinski definition) is 5. The number of pyridine rings is 1. The van der Waals surface area contributed by atoms with Gasteiger partial charge in [-0.25, -0.2) is 9.67 Å². The molecule has 156 valence electrons. The molecular formula is C20H19ClF2N6O. The standard InChI is InChI=1S/C20H19ClF2N6O/c1-11-16(10-29(27-11)20(22)23)26-17-8-15(13(21)9-24-17)25-14-5-3-4-12-6-7-28(2)19(30)18(12)14/h3-5,8-10,20H,6-7H2,1-2H3,(H2,24,25,26). The number of fused-ring (bicyclic) bond motifs is 1. The van der Waals surface area contributed by atoms with Crippen LogP contribution in [0.3, 0.4) is 0 Å². The Morgan fingerprint density at radius 1 is 1.20 bits per heavy atom. The van der Waals surface area contributed by atoms with E-state index in [0.717, 1.165) is 12.0 Å². The van der Waals surface area contributed by atoms with E-state index in [-0.39, 0.29) is 5.91 Å². The molecule has 0 fully saturated rings. The van der Waals surface area contributed by atoms with Crippen molar-refractivity contribution in [3.8, 4) is 0 Å². The number of benzene rings is 1. The van der Waals surface area contributed by atoms with Crippen LogP contribution in [0.15, 0.2) is 36.7 Å². The van der Waals surface area contributed by atoms with Gasteiger partial charge in [0.25, 0.3) is 5.91 Å². The molecule has 3 aromatic rings. The monoisotopic (exact) mass is 432 g/mol. The lowest BCUT2D eigenvalue weighted by atomic mass is 9.97. The highest BCUT2D eigenvalue weighted by atomic mass is 35.5. The van der Waals surface area contributed by atoms with Crippen molar-refractivity contribution < 1.29 is 13.6 Å². The Labute approximate surface area is 176 Å². The molecule has 1 aromatic carbocycles. The van der Waals surface area contributed by atoms with Crippen LogP contribution in [0.25, 0.3) is 0 Å². The molecule has 0 atom stereocenters. The molecule has 2 N–H and O–H groups in total. The molecule has 3 heterocycles. The minimum Gasteiger partial charge on any atom is -0.353 e. The van der Waals surface area contributed by atoms with Crippen molar-refractivity contribution in [2.45, 2.75) is 19.9 Å². The number of nitrogens with zero attached hydrogens (tertiary/aromatic N) is 4. The largest absolute Gasteiger partial charge is 0.353 e. The molecule has 0 bridgehead atoms. The molecule has 4 rings (SSSR count). The fourth-order valence-electron chi connectivity index (χ4n) is 3.34. The number of rotatable bonds is 5. The second-order valence-electron chi connectivity index (χ2n) is 7.00. The average molecular weight is 433 g/mol. The number of hydrogen-bond donors (Lipinski definition) is 2. The first-order chi connectivity index (χ1) is 14.3. The molecule has 1 aliphatic rings. The minimum absolute atomic E-state index is 0.0575. The highest BCUT2D eigenvalue weighted by Crippen LogP contribution is 2.33. The summed E-state index contributed by atoms with van der Waals surface area (Å²) in [7, 11) is 1.77. The van der Waals surface area contributed by atoms with Gasteiger partial charge >= 0.3 is 6.55 Å². The molecular weight excluding hydrogens is 414 g/mol. The quantitative estimate of drug-likeness (QED) is 0.608. The van der Waals surface area contributed by atoms with E-state index in [4.69, 9.17) is 11.6 Å². The number of amides is 1. The maximum absolute atomic E-state index is 12.9. The number of carbonyl (C=O) groups is 1. The normalized spacial score (nSPS) is 13.5. The zero-order valence-electron chi connectivity index (χ0n) is 16.3. The summed E-state index contributed by atoms with van der Waals surface area (Å²) in [5, 5.41) is 10.3. The molecule has 0 spiro atoms. The third kappa shape index (κ3) is 3.80. The second kappa shape index (κ2) is 7.91. The lowest BCUT2D eigenvalue weighted by Gasteiger charge is -2.27. The number of alkyl halides is 2. The predicted molar refractivity (Wildman–Crippen MR) is 111 cm³/mol. The molecule has 0 saturated heterocycles. The van der Waals surface area contributed by atoms with Crippen molar-refractivity contribution in [1.82, 2.24) is 19.7 Å². The third-order valence-electron chi connectivity index (χ3n) is 4.93. The van der Waals surface area contributed by atoms with Gasteiger partial charge in [-0.3, -0.25) is 4.79 Å². The van der Waals surface area contributed by atoms with Crippen LogP contribution in [0.1, 0.15) is 28.2 Å². The van der Waals surface area contributed by atoms with E-state index in [0.29, 0.717) is 50.4 Å². The van der Waals surface area contributed by atoms with E-state index < -0.39 is 6.55 Å². The SMILES string of the molecule is Cc1nn(C(F)F)cc1Nc1cc(Nc2cccc3c2C(=O)N(C)CC3)c(Cl)cn1. The first-order valence-corrected chi connectivity index (χ1v) is 9.62. The van der Waals surface area contributed by atoms with E-state index in [1.807, 2.05) is 18.2 Å². The van der Waals surface area contributed by atoms with Crippen LogP contribution in [0.2, 0.25) is 5.02 Å². The lowest BCUT2D eigenvalue weighted by Crippen LogP contribution is -2.34. The van der Waals surface area contributed by atoms with Crippen molar-refractivity contribution >= 4 is 40.4 Å². The second-order valence-corrected chi connectivity index (χ2v) is 7.41. The highest BCUT2D eigenvalue weighted by Gasteiger charge is 2.24. The summed E-state index contributed by atoms with van der Waals surface area (Å²) in [4.78, 5) is 18.6. The van der Waals surface area contributed by atoms with E-state index in [2.05, 4.69) is 20.7 Å². The topological polar surface area (TPSA) is 75.1 Å². The molecule has 0 saturated carbocycles. The molecule has 1 amide bonds. The van der Waals surface area contributed by atoms with Gasteiger partial charge < -0.3 is 15.5 Å². The Bertz CT molecular complexity index is 1120. The molecule has 2 aromatic heterocycles. The maximum atomic E-state index is 12.9. The molecule has 30 heavy (non-hydrogen) atoms. The molecule has 1 aliphatic heterocycles. The van der Waals surface area contributed by atoms with Gasteiger partial charge in [0.2, 0.25) is 0 Å². The minimum atomic E-state index is -2.73. The lowest BCUT2D eigenvalue weighted by molar-refractivity contribution is 0.0563. The zero-order chi connectivity index (χ0) is 21.4. The molecule has 10 heteroatoms. The number of likely N-dealkylation sites (N-methyl/N-ethyl adjacent to an activating group) is 1. The van der Waals surface area contributed by atoms with Gasteiger partial charge in [-0.05, 0) is 25.0 Å². The first kappa shape index (κ1) is 20.1. The number of aromatic nitrogens is 3. The van der Waals surface area contributed by atoms with Gasteiger partial charge in [-0.15, -0.1) is 0 Å². The fraction of sp³-hybridized carbons (Fsp3) is 0.250. The summed E-state index contributed by atoms with van der Waals surface area (Å²) < 4.78 is 26.3. The van der Waals surface area contributed by atoms with Crippen LogP contribution in [0.4, 0.5) is 31.7 Å². The maximum Gasteiger partial charge on any atom is 0.333 e. The molecule has 7 nitrogen and oxygen atoms in total. The van der Waals surface area contributed by atoms with Crippen LogP contribution < -0.4 is 10.6 Å². The summed E-state index contributed by atoms with van der Waals surface area (Å²) in [5.74, 6) is 0.338. The Morgan fingerprint density at radius 3 is 2.73 bits per heavy atom. The van der Waals surface area contributed by atoms with Crippen molar-refractivity contribution in [2.75, 3.05) is 24.2 Å². The van der Waals surface area contributed by atoms with E-state index in [1.54, 1.807) is 24.9 Å². The summed E-state index contributed by atoms with van der Waals surface area (Å²) in [6.45, 7) is -0.436. The van der Waals surface area contributed by atoms with Gasteiger partial charge in [-0.1, -0.05) is 23.7 Å². The number of aryl methyl sites for hydroxylation is 1. The summed E-state index contributed by atoms with van der Waals surface area (Å²) in [6.07, 6.45) is 3.44. The van der Waals surface area contributed by atoms with Gasteiger partial charge in [0, 0.05) is 19.7 Å². The van der Waals surface area contributed by atoms with Crippen molar-refractivity contribution in [2.24, 2.45) is 0 Å². The van der Waals surface area contributed by atoms with Crippen molar-refractivity contribution in [3.63, 3.8) is 0 Å². The van der Waals surface area contributed by atoms with Gasteiger partial charge in [0.15, 0.2) is 0 Å². The van der Waals surface area contributed by atoms with Crippen LogP contribution >= 0.6 is 11.6 Å². The van der Waals surface area contributed by atoms with Gasteiger partial charge in [0.05, 0.1) is 45.7 Å². The average Bonchev–Trinajstić information content (AvgIpc) is 3.08. The number of anilines is 4.